The number of hydrogen-bond acceptors (Lipinski definition) is 4. The lowest BCUT2D eigenvalue weighted by atomic mass is 9.90. The van der Waals surface area contributed by atoms with Crippen molar-refractivity contribution < 1.29 is 14.3 Å². The Labute approximate surface area is 126 Å². The fraction of sp³-hybridized carbons (Fsp3) is 0.562. The first-order valence-corrected chi connectivity index (χ1v) is 7.23. The molecule has 2 N–H and O–H groups in total. The fourth-order valence-corrected chi connectivity index (χ4v) is 2.53. The Hall–Kier alpha value is -1.75. The molecule has 1 aliphatic heterocycles. The van der Waals surface area contributed by atoms with Crippen LogP contribution in [0.3, 0.4) is 0 Å². The zero-order chi connectivity index (χ0) is 15.5. The average molecular weight is 292 g/mol. The molecule has 1 fully saturated rings. The van der Waals surface area contributed by atoms with E-state index in [2.05, 4.69) is 6.92 Å². The van der Waals surface area contributed by atoms with Crippen molar-refractivity contribution >= 4 is 5.91 Å². The Morgan fingerprint density at radius 2 is 2.19 bits per heavy atom. The van der Waals surface area contributed by atoms with Gasteiger partial charge in [-0.05, 0) is 43.0 Å². The van der Waals surface area contributed by atoms with Crippen LogP contribution in [0.5, 0.6) is 11.5 Å². The minimum atomic E-state index is -0.00481. The van der Waals surface area contributed by atoms with Crippen LogP contribution in [0.15, 0.2) is 18.2 Å². The maximum absolute atomic E-state index is 12.2. The number of amides is 1. The number of nitrogens with two attached hydrogens (primary N) is 1. The van der Waals surface area contributed by atoms with E-state index in [9.17, 15) is 4.79 Å². The van der Waals surface area contributed by atoms with E-state index < -0.39 is 0 Å². The van der Waals surface area contributed by atoms with Crippen LogP contribution < -0.4 is 15.2 Å². The predicted octanol–water partition coefficient (Wildman–Crippen LogP) is 1.58. The molecule has 0 saturated carbocycles. The van der Waals surface area contributed by atoms with Crippen molar-refractivity contribution in [3.05, 3.63) is 23.8 Å². The molecule has 1 heterocycles. The van der Waals surface area contributed by atoms with Gasteiger partial charge in [-0.3, -0.25) is 4.79 Å². The molecule has 0 spiro atoms. The van der Waals surface area contributed by atoms with Crippen LogP contribution in [0.4, 0.5) is 0 Å². The van der Waals surface area contributed by atoms with Crippen molar-refractivity contribution in [2.24, 2.45) is 11.1 Å². The summed E-state index contributed by atoms with van der Waals surface area (Å²) >= 11 is 0. The first-order valence-electron chi connectivity index (χ1n) is 7.23. The molecule has 1 saturated heterocycles. The highest BCUT2D eigenvalue weighted by molar-refractivity contribution is 5.78. The number of nitrogens with zero attached hydrogens (tertiary/aromatic N) is 1. The average Bonchev–Trinajstić information content (AvgIpc) is 2.89. The van der Waals surface area contributed by atoms with Gasteiger partial charge in [0.2, 0.25) is 0 Å². The van der Waals surface area contributed by atoms with Gasteiger partial charge < -0.3 is 20.1 Å². The monoisotopic (exact) mass is 292 g/mol. The summed E-state index contributed by atoms with van der Waals surface area (Å²) in [6.07, 6.45) is 0.948. The molecule has 2 rings (SSSR count). The largest absolute Gasteiger partial charge is 0.493 e. The van der Waals surface area contributed by atoms with Crippen molar-refractivity contribution in [3.63, 3.8) is 0 Å². The van der Waals surface area contributed by atoms with Crippen LogP contribution in [0, 0.1) is 12.3 Å². The number of rotatable bonds is 5. The predicted molar refractivity (Wildman–Crippen MR) is 81.6 cm³/mol. The summed E-state index contributed by atoms with van der Waals surface area (Å²) in [4.78, 5) is 14.0. The van der Waals surface area contributed by atoms with Crippen molar-refractivity contribution in [2.45, 2.75) is 20.3 Å². The van der Waals surface area contributed by atoms with Crippen LogP contribution in [0.1, 0.15) is 18.9 Å². The number of benzene rings is 1. The highest BCUT2D eigenvalue weighted by Crippen LogP contribution is 2.30. The summed E-state index contributed by atoms with van der Waals surface area (Å²) < 4.78 is 10.9. The Morgan fingerprint density at radius 3 is 2.81 bits per heavy atom. The van der Waals surface area contributed by atoms with Crippen molar-refractivity contribution in [2.75, 3.05) is 33.4 Å². The number of carbonyl (C=O) groups is 1. The number of ether oxygens (including phenoxy) is 2. The highest BCUT2D eigenvalue weighted by atomic mass is 16.5. The Bertz CT molecular complexity index is 518. The molecule has 0 aromatic heterocycles. The summed E-state index contributed by atoms with van der Waals surface area (Å²) in [5.74, 6) is 1.24. The smallest absolute Gasteiger partial charge is 0.260 e. The van der Waals surface area contributed by atoms with Gasteiger partial charge in [0, 0.05) is 13.1 Å². The maximum Gasteiger partial charge on any atom is 0.260 e. The molecular weight excluding hydrogens is 268 g/mol. The summed E-state index contributed by atoms with van der Waals surface area (Å²) in [7, 11) is 1.59. The fourth-order valence-electron chi connectivity index (χ4n) is 2.53. The molecule has 1 aromatic carbocycles. The van der Waals surface area contributed by atoms with Gasteiger partial charge >= 0.3 is 0 Å². The molecule has 5 nitrogen and oxygen atoms in total. The zero-order valence-electron chi connectivity index (χ0n) is 13.0. The second kappa shape index (κ2) is 6.35. The summed E-state index contributed by atoms with van der Waals surface area (Å²) in [5, 5.41) is 0. The Kier molecular flexibility index (Phi) is 4.73. The highest BCUT2D eigenvalue weighted by Gasteiger charge is 2.34. The number of methoxy groups -OCH3 is 1. The molecule has 5 heteroatoms. The molecule has 1 amide bonds. The molecule has 0 aliphatic carbocycles. The van der Waals surface area contributed by atoms with Crippen molar-refractivity contribution in [3.8, 4) is 11.5 Å². The van der Waals surface area contributed by atoms with E-state index in [4.69, 9.17) is 15.2 Å². The number of hydrogen-bond donors (Lipinski definition) is 1. The van der Waals surface area contributed by atoms with Crippen LogP contribution >= 0.6 is 0 Å². The number of aryl methyl sites for hydroxylation is 1. The van der Waals surface area contributed by atoms with Gasteiger partial charge in [-0.15, -0.1) is 0 Å². The molecule has 0 radical (unpaired) electrons. The molecule has 1 aliphatic rings. The van der Waals surface area contributed by atoms with Crippen LogP contribution in [0.2, 0.25) is 0 Å². The lowest BCUT2D eigenvalue weighted by Crippen LogP contribution is -2.36. The summed E-state index contributed by atoms with van der Waals surface area (Å²) in [6, 6.07) is 5.65. The van der Waals surface area contributed by atoms with Crippen LogP contribution in [0.25, 0.3) is 0 Å². The zero-order valence-corrected chi connectivity index (χ0v) is 13.0. The van der Waals surface area contributed by atoms with Gasteiger partial charge in [0.1, 0.15) is 0 Å². The topological polar surface area (TPSA) is 64.8 Å². The maximum atomic E-state index is 12.2. The van der Waals surface area contributed by atoms with Crippen LogP contribution in [-0.4, -0.2) is 44.2 Å². The molecule has 21 heavy (non-hydrogen) atoms. The third kappa shape index (κ3) is 3.67. The molecule has 1 atom stereocenters. The second-order valence-corrected chi connectivity index (χ2v) is 6.02. The summed E-state index contributed by atoms with van der Waals surface area (Å²) in [6.45, 7) is 6.18. The lowest BCUT2D eigenvalue weighted by Gasteiger charge is -2.22. The molecule has 1 unspecified atom stereocenters. The lowest BCUT2D eigenvalue weighted by molar-refractivity contribution is -0.132. The van der Waals surface area contributed by atoms with Gasteiger partial charge in [0.05, 0.1) is 7.11 Å². The first-order chi connectivity index (χ1) is 9.97. The quantitative estimate of drug-likeness (QED) is 0.895. The Balaban J connectivity index is 1.93. The third-order valence-electron chi connectivity index (χ3n) is 4.07. The van der Waals surface area contributed by atoms with Gasteiger partial charge in [-0.1, -0.05) is 13.0 Å². The first kappa shape index (κ1) is 15.6. The minimum absolute atomic E-state index is 0.00481. The van der Waals surface area contributed by atoms with Crippen molar-refractivity contribution in [1.29, 1.82) is 0 Å². The molecule has 1 aromatic rings. The number of likely N-dealkylation sites (tertiary alicyclic amines) is 1. The van der Waals surface area contributed by atoms with E-state index in [1.54, 1.807) is 7.11 Å². The molecule has 116 valence electrons. The van der Waals surface area contributed by atoms with E-state index in [1.807, 2.05) is 30.0 Å². The Morgan fingerprint density at radius 1 is 1.43 bits per heavy atom. The van der Waals surface area contributed by atoms with Gasteiger partial charge in [0.15, 0.2) is 18.1 Å². The van der Waals surface area contributed by atoms with E-state index in [0.717, 1.165) is 18.5 Å². The SMILES string of the molecule is COc1cc(C)ccc1OCC(=O)N1CCC(C)(CN)C1. The van der Waals surface area contributed by atoms with Gasteiger partial charge in [0.25, 0.3) is 5.91 Å². The standard InChI is InChI=1S/C16H24N2O3/c1-12-4-5-13(14(8-12)20-3)21-9-15(19)18-7-6-16(2,10-17)11-18/h4-5,8H,6-7,9-11,17H2,1-3H3. The number of carbonyl (C=O) groups excluding carboxylic acids is 1. The van der Waals surface area contributed by atoms with Gasteiger partial charge in [-0.25, -0.2) is 0 Å². The third-order valence-corrected chi connectivity index (χ3v) is 4.07. The van der Waals surface area contributed by atoms with Crippen LogP contribution in [-0.2, 0) is 4.79 Å². The minimum Gasteiger partial charge on any atom is -0.493 e. The molecular formula is C16H24N2O3. The summed E-state index contributed by atoms with van der Waals surface area (Å²) in [5.41, 5.74) is 6.89. The second-order valence-electron chi connectivity index (χ2n) is 6.02. The van der Waals surface area contributed by atoms with Crippen molar-refractivity contribution in [1.82, 2.24) is 4.90 Å². The van der Waals surface area contributed by atoms with E-state index in [-0.39, 0.29) is 17.9 Å². The van der Waals surface area contributed by atoms with Gasteiger partial charge in [-0.2, -0.15) is 0 Å². The van der Waals surface area contributed by atoms with E-state index >= 15 is 0 Å². The normalized spacial score (nSPS) is 21.4. The molecule has 0 bridgehead atoms. The van der Waals surface area contributed by atoms with E-state index in [0.29, 0.717) is 24.6 Å². The van der Waals surface area contributed by atoms with E-state index in [1.165, 1.54) is 0 Å².